The van der Waals surface area contributed by atoms with Gasteiger partial charge in [-0.15, -0.1) is 0 Å². The third-order valence-corrected chi connectivity index (χ3v) is 1.97. The summed E-state index contributed by atoms with van der Waals surface area (Å²) < 4.78 is 12.9. The topological polar surface area (TPSA) is 40.9 Å². The number of benzene rings is 1. The van der Waals surface area contributed by atoms with E-state index in [2.05, 4.69) is 0 Å². The summed E-state index contributed by atoms with van der Waals surface area (Å²) in [5, 5.41) is 8.40. The fourth-order valence-corrected chi connectivity index (χ4v) is 1.26. The highest BCUT2D eigenvalue weighted by atomic mass is 35.5. The monoisotopic (exact) mass is 197 g/mol. The van der Waals surface area contributed by atoms with Gasteiger partial charge in [0.1, 0.15) is 17.4 Å². The van der Waals surface area contributed by atoms with Crippen LogP contribution in [-0.2, 0) is 0 Å². The second kappa shape index (κ2) is 3.55. The molecule has 0 aliphatic rings. The Labute approximate surface area is 79.5 Å². The smallest absolute Gasteiger partial charge is 0.161 e. The largest absolute Gasteiger partial charge is 0.294 e. The second-order valence-electron chi connectivity index (χ2n) is 2.45. The van der Waals surface area contributed by atoms with E-state index in [0.717, 1.165) is 6.07 Å². The Morgan fingerprint density at radius 1 is 1.62 bits per heavy atom. The molecule has 2 nitrogen and oxygen atoms in total. The van der Waals surface area contributed by atoms with Crippen LogP contribution in [0.3, 0.4) is 0 Å². The summed E-state index contributed by atoms with van der Waals surface area (Å²) in [6.07, 6.45) is 0. The fourth-order valence-electron chi connectivity index (χ4n) is 0.927. The average molecular weight is 198 g/mol. The number of carbonyl (C=O) groups is 1. The zero-order valence-corrected chi connectivity index (χ0v) is 7.52. The highest BCUT2D eigenvalue weighted by Gasteiger charge is 2.13. The van der Waals surface area contributed by atoms with Crippen LogP contribution in [0, 0.1) is 17.1 Å². The number of carbonyl (C=O) groups excluding carboxylic acids is 1. The first kappa shape index (κ1) is 9.69. The highest BCUT2D eigenvalue weighted by Crippen LogP contribution is 2.23. The maximum Gasteiger partial charge on any atom is 0.161 e. The van der Waals surface area contributed by atoms with Gasteiger partial charge in [0, 0.05) is 5.56 Å². The summed E-state index contributed by atoms with van der Waals surface area (Å²) in [7, 11) is 0. The Morgan fingerprint density at radius 3 is 2.69 bits per heavy atom. The van der Waals surface area contributed by atoms with E-state index in [0.29, 0.717) is 0 Å². The molecule has 0 spiro atoms. The van der Waals surface area contributed by atoms with Gasteiger partial charge in [-0.2, -0.15) is 5.26 Å². The predicted octanol–water partition coefficient (Wildman–Crippen LogP) is 2.55. The maximum absolute atomic E-state index is 12.9. The van der Waals surface area contributed by atoms with Gasteiger partial charge in [-0.1, -0.05) is 11.6 Å². The minimum atomic E-state index is -0.711. The molecule has 0 fully saturated rings. The molecule has 0 atom stereocenters. The van der Waals surface area contributed by atoms with E-state index in [1.165, 1.54) is 13.0 Å². The summed E-state index contributed by atoms with van der Waals surface area (Å²) in [6.45, 7) is 1.31. The first-order chi connectivity index (χ1) is 6.07. The Kier molecular flexibility index (Phi) is 2.64. The molecule has 4 heteroatoms. The number of nitriles is 1. The molecular weight excluding hydrogens is 193 g/mol. The molecule has 1 aromatic rings. The molecular formula is C9H5ClFNO. The lowest BCUT2D eigenvalue weighted by Crippen LogP contribution is -1.97. The van der Waals surface area contributed by atoms with Gasteiger partial charge in [-0.25, -0.2) is 4.39 Å². The van der Waals surface area contributed by atoms with Gasteiger partial charge in [0.2, 0.25) is 0 Å². The van der Waals surface area contributed by atoms with Crippen molar-refractivity contribution in [1.29, 1.82) is 5.26 Å². The average Bonchev–Trinajstić information content (AvgIpc) is 2.04. The van der Waals surface area contributed by atoms with Crippen molar-refractivity contribution in [2.75, 3.05) is 0 Å². The molecule has 0 aromatic heterocycles. The van der Waals surface area contributed by atoms with Crippen LogP contribution < -0.4 is 0 Å². The zero-order chi connectivity index (χ0) is 10.0. The third kappa shape index (κ3) is 1.68. The molecule has 66 valence electrons. The van der Waals surface area contributed by atoms with E-state index in [-0.39, 0.29) is 21.9 Å². The van der Waals surface area contributed by atoms with Crippen molar-refractivity contribution >= 4 is 17.4 Å². The number of hydrogen-bond acceptors (Lipinski definition) is 2. The molecule has 0 N–H and O–H groups in total. The Morgan fingerprint density at radius 2 is 2.23 bits per heavy atom. The minimum absolute atomic E-state index is 0.116. The molecule has 0 saturated carbocycles. The van der Waals surface area contributed by atoms with Crippen LogP contribution in [0.25, 0.3) is 0 Å². The van der Waals surface area contributed by atoms with Crippen LogP contribution in [0.2, 0.25) is 5.02 Å². The SMILES string of the molecule is CC(=O)c1ccc(F)c(C#N)c1Cl. The van der Waals surface area contributed by atoms with Crippen molar-refractivity contribution < 1.29 is 9.18 Å². The van der Waals surface area contributed by atoms with Gasteiger partial charge >= 0.3 is 0 Å². The van der Waals surface area contributed by atoms with Gasteiger partial charge in [0.05, 0.1) is 5.02 Å². The van der Waals surface area contributed by atoms with Crippen molar-refractivity contribution in [3.8, 4) is 6.07 Å². The normalized spacial score (nSPS) is 9.38. The molecule has 0 bridgehead atoms. The van der Waals surface area contributed by atoms with Crippen LogP contribution >= 0.6 is 11.6 Å². The van der Waals surface area contributed by atoms with Gasteiger partial charge in [0.15, 0.2) is 5.78 Å². The molecule has 0 aliphatic carbocycles. The lowest BCUT2D eigenvalue weighted by atomic mass is 10.1. The minimum Gasteiger partial charge on any atom is -0.294 e. The summed E-state index contributed by atoms with van der Waals surface area (Å²) in [4.78, 5) is 10.9. The van der Waals surface area contributed by atoms with Crippen molar-refractivity contribution in [2.24, 2.45) is 0 Å². The Hall–Kier alpha value is -1.40. The summed E-state index contributed by atoms with van der Waals surface area (Å²) in [6, 6.07) is 3.92. The lowest BCUT2D eigenvalue weighted by molar-refractivity contribution is 0.101. The van der Waals surface area contributed by atoms with Crippen LogP contribution in [0.15, 0.2) is 12.1 Å². The third-order valence-electron chi connectivity index (χ3n) is 1.58. The number of ketones is 1. The van der Waals surface area contributed by atoms with Crippen molar-refractivity contribution in [3.05, 3.63) is 34.1 Å². The number of hydrogen-bond donors (Lipinski definition) is 0. The molecule has 0 heterocycles. The highest BCUT2D eigenvalue weighted by molar-refractivity contribution is 6.35. The van der Waals surface area contributed by atoms with Crippen LogP contribution in [0.5, 0.6) is 0 Å². The van der Waals surface area contributed by atoms with Gasteiger partial charge < -0.3 is 0 Å². The standard InChI is InChI=1S/C9H5ClFNO/c1-5(13)6-2-3-8(11)7(4-12)9(6)10/h2-3H,1H3. The molecule has 1 aromatic carbocycles. The van der Waals surface area contributed by atoms with Crippen molar-refractivity contribution in [2.45, 2.75) is 6.92 Å². The van der Waals surface area contributed by atoms with Crippen LogP contribution in [0.4, 0.5) is 4.39 Å². The molecule has 1 rings (SSSR count). The fraction of sp³-hybridized carbons (Fsp3) is 0.111. The predicted molar refractivity (Wildman–Crippen MR) is 46.1 cm³/mol. The summed E-state index contributed by atoms with van der Waals surface area (Å²) in [5.74, 6) is -1.00. The van der Waals surface area contributed by atoms with Crippen LogP contribution in [-0.4, -0.2) is 5.78 Å². The number of halogens is 2. The Bertz CT molecular complexity index is 409. The Balaban J connectivity index is 3.47. The number of rotatable bonds is 1. The van der Waals surface area contributed by atoms with E-state index in [4.69, 9.17) is 16.9 Å². The lowest BCUT2D eigenvalue weighted by Gasteiger charge is -2.01. The number of Topliss-reactive ketones (excluding diaryl/α,β-unsaturated/α-hetero) is 1. The van der Waals surface area contributed by atoms with Gasteiger partial charge in [0.25, 0.3) is 0 Å². The van der Waals surface area contributed by atoms with E-state index < -0.39 is 5.82 Å². The maximum atomic E-state index is 12.9. The van der Waals surface area contributed by atoms with Gasteiger partial charge in [-0.3, -0.25) is 4.79 Å². The van der Waals surface area contributed by atoms with E-state index >= 15 is 0 Å². The molecule has 13 heavy (non-hydrogen) atoms. The molecule has 0 aliphatic heterocycles. The summed E-state index contributed by atoms with van der Waals surface area (Å²) in [5.41, 5.74) is -0.117. The van der Waals surface area contributed by atoms with Gasteiger partial charge in [-0.05, 0) is 19.1 Å². The quantitative estimate of drug-likeness (QED) is 0.650. The van der Waals surface area contributed by atoms with Crippen molar-refractivity contribution in [3.63, 3.8) is 0 Å². The summed E-state index contributed by atoms with van der Waals surface area (Å²) >= 11 is 5.63. The second-order valence-corrected chi connectivity index (χ2v) is 2.83. The number of nitrogens with zero attached hydrogens (tertiary/aromatic N) is 1. The first-order valence-electron chi connectivity index (χ1n) is 3.47. The van der Waals surface area contributed by atoms with E-state index in [1.54, 1.807) is 6.07 Å². The zero-order valence-electron chi connectivity index (χ0n) is 6.77. The van der Waals surface area contributed by atoms with E-state index in [9.17, 15) is 9.18 Å². The molecule has 0 unspecified atom stereocenters. The molecule has 0 radical (unpaired) electrons. The van der Waals surface area contributed by atoms with Crippen molar-refractivity contribution in [1.82, 2.24) is 0 Å². The molecule has 0 saturated heterocycles. The first-order valence-corrected chi connectivity index (χ1v) is 3.84. The molecule has 0 amide bonds. The van der Waals surface area contributed by atoms with E-state index in [1.807, 2.05) is 0 Å². The van der Waals surface area contributed by atoms with Crippen LogP contribution in [0.1, 0.15) is 22.8 Å².